The first-order valence-electron chi connectivity index (χ1n) is 6.34. The molecule has 112 valence electrons. The molecule has 20 heavy (non-hydrogen) atoms. The number of aliphatic hydroxyl groups excluding tert-OH is 1. The molecule has 1 aromatic carbocycles. The van der Waals surface area contributed by atoms with Gasteiger partial charge in [-0.05, 0) is 18.2 Å². The van der Waals surface area contributed by atoms with E-state index in [1.807, 2.05) is 0 Å². The lowest BCUT2D eigenvalue weighted by Crippen LogP contribution is -2.51. The normalized spacial score (nSPS) is 19.1. The molecule has 0 bridgehead atoms. The van der Waals surface area contributed by atoms with Crippen LogP contribution in [-0.2, 0) is 0 Å². The zero-order chi connectivity index (χ0) is 14.8. The molecule has 0 saturated carbocycles. The van der Waals surface area contributed by atoms with Crippen molar-refractivity contribution < 1.29 is 18.3 Å². The predicted molar refractivity (Wildman–Crippen MR) is 73.3 cm³/mol. The number of aliphatic hydroxyl groups is 1. The number of halogens is 4. The Balaban J connectivity index is 2.42. The van der Waals surface area contributed by atoms with Gasteiger partial charge in [-0.2, -0.15) is 0 Å². The molecular formula is C13H16BrF3N2O. The highest BCUT2D eigenvalue weighted by molar-refractivity contribution is 9.10. The Morgan fingerprint density at radius 1 is 1.35 bits per heavy atom. The second-order valence-corrected chi connectivity index (χ2v) is 5.69. The molecule has 2 N–H and O–H groups in total. The standard InChI is InChI=1S/C13H16BrF3N2O/c14-9-1-2-11(15)10(7-9)12(13(16,17)8-20)19-5-3-18-4-6-19/h1-2,7,12,18,20H,3-6,8H2/t12-/m0/s1. The highest BCUT2D eigenvalue weighted by atomic mass is 79.9. The van der Waals surface area contributed by atoms with E-state index in [9.17, 15) is 13.2 Å². The predicted octanol–water partition coefficient (Wildman–Crippen LogP) is 2.16. The number of nitrogens with one attached hydrogen (secondary N) is 1. The van der Waals surface area contributed by atoms with E-state index < -0.39 is 24.4 Å². The molecule has 1 heterocycles. The molecule has 3 nitrogen and oxygen atoms in total. The van der Waals surface area contributed by atoms with Crippen LogP contribution in [0.5, 0.6) is 0 Å². The molecule has 0 amide bonds. The van der Waals surface area contributed by atoms with Gasteiger partial charge in [-0.15, -0.1) is 0 Å². The average Bonchev–Trinajstić information content (AvgIpc) is 2.44. The Kier molecular flexibility index (Phi) is 5.06. The van der Waals surface area contributed by atoms with Crippen molar-refractivity contribution in [2.45, 2.75) is 12.0 Å². The van der Waals surface area contributed by atoms with Gasteiger partial charge in [0, 0.05) is 36.2 Å². The molecule has 1 saturated heterocycles. The zero-order valence-corrected chi connectivity index (χ0v) is 12.3. The summed E-state index contributed by atoms with van der Waals surface area (Å²) in [6, 6.07) is 2.50. The molecular weight excluding hydrogens is 337 g/mol. The Hall–Kier alpha value is -0.630. The highest BCUT2D eigenvalue weighted by Gasteiger charge is 2.45. The summed E-state index contributed by atoms with van der Waals surface area (Å²) in [5.74, 6) is -4.09. The molecule has 1 aliphatic rings. The summed E-state index contributed by atoms with van der Waals surface area (Å²) in [7, 11) is 0. The van der Waals surface area contributed by atoms with Crippen LogP contribution in [0.1, 0.15) is 11.6 Å². The Morgan fingerprint density at radius 2 is 2.00 bits per heavy atom. The minimum absolute atomic E-state index is 0.0969. The zero-order valence-electron chi connectivity index (χ0n) is 10.8. The molecule has 1 aliphatic heterocycles. The Morgan fingerprint density at radius 3 is 2.60 bits per heavy atom. The van der Waals surface area contributed by atoms with E-state index in [0.29, 0.717) is 30.7 Å². The van der Waals surface area contributed by atoms with Crippen LogP contribution in [-0.4, -0.2) is 48.7 Å². The van der Waals surface area contributed by atoms with Crippen LogP contribution in [0.2, 0.25) is 0 Å². The molecule has 7 heteroatoms. The maximum Gasteiger partial charge on any atom is 0.290 e. The van der Waals surface area contributed by atoms with Gasteiger partial charge in [0.15, 0.2) is 0 Å². The van der Waals surface area contributed by atoms with Gasteiger partial charge in [-0.1, -0.05) is 15.9 Å². The van der Waals surface area contributed by atoms with Crippen molar-refractivity contribution >= 4 is 15.9 Å². The fraction of sp³-hybridized carbons (Fsp3) is 0.538. The van der Waals surface area contributed by atoms with Crippen molar-refractivity contribution in [2.24, 2.45) is 0 Å². The first-order chi connectivity index (χ1) is 9.45. The third kappa shape index (κ3) is 3.33. The number of nitrogens with zero attached hydrogens (tertiary/aromatic N) is 1. The largest absolute Gasteiger partial charge is 0.390 e. The maximum absolute atomic E-state index is 14.1. The van der Waals surface area contributed by atoms with Gasteiger partial charge in [0.25, 0.3) is 5.92 Å². The molecule has 0 unspecified atom stereocenters. The van der Waals surface area contributed by atoms with E-state index in [1.54, 1.807) is 0 Å². The van der Waals surface area contributed by atoms with Gasteiger partial charge < -0.3 is 10.4 Å². The van der Waals surface area contributed by atoms with Crippen molar-refractivity contribution in [1.29, 1.82) is 0 Å². The summed E-state index contributed by atoms with van der Waals surface area (Å²) in [5, 5.41) is 12.1. The van der Waals surface area contributed by atoms with Crippen LogP contribution in [0.25, 0.3) is 0 Å². The van der Waals surface area contributed by atoms with E-state index in [1.165, 1.54) is 17.0 Å². The van der Waals surface area contributed by atoms with Gasteiger partial charge in [0.05, 0.1) is 0 Å². The van der Waals surface area contributed by atoms with E-state index in [-0.39, 0.29) is 5.56 Å². The third-order valence-electron chi connectivity index (χ3n) is 3.38. The lowest BCUT2D eigenvalue weighted by molar-refractivity contribution is -0.119. The SMILES string of the molecule is OCC(F)(F)[C@H](c1cc(Br)ccc1F)N1CCNCC1. The number of piperazine rings is 1. The second kappa shape index (κ2) is 6.43. The molecule has 1 fully saturated rings. The van der Waals surface area contributed by atoms with Crippen molar-refractivity contribution in [3.8, 4) is 0 Å². The van der Waals surface area contributed by atoms with Crippen LogP contribution in [0.4, 0.5) is 13.2 Å². The van der Waals surface area contributed by atoms with E-state index in [4.69, 9.17) is 5.11 Å². The monoisotopic (exact) mass is 352 g/mol. The minimum Gasteiger partial charge on any atom is -0.390 e. The van der Waals surface area contributed by atoms with Gasteiger partial charge in [0.2, 0.25) is 0 Å². The van der Waals surface area contributed by atoms with Crippen molar-refractivity contribution in [1.82, 2.24) is 10.2 Å². The van der Waals surface area contributed by atoms with Gasteiger partial charge in [-0.25, -0.2) is 13.2 Å². The Labute approximate surface area is 123 Å². The second-order valence-electron chi connectivity index (χ2n) is 4.77. The topological polar surface area (TPSA) is 35.5 Å². The van der Waals surface area contributed by atoms with E-state index >= 15 is 0 Å². The third-order valence-corrected chi connectivity index (χ3v) is 3.87. The summed E-state index contributed by atoms with van der Waals surface area (Å²) in [6.07, 6.45) is 0. The minimum atomic E-state index is -3.40. The lowest BCUT2D eigenvalue weighted by Gasteiger charge is -2.38. The first-order valence-corrected chi connectivity index (χ1v) is 7.13. The lowest BCUT2D eigenvalue weighted by atomic mass is 9.97. The fourth-order valence-corrected chi connectivity index (χ4v) is 2.82. The van der Waals surface area contributed by atoms with Gasteiger partial charge in [0.1, 0.15) is 18.5 Å². The van der Waals surface area contributed by atoms with Crippen LogP contribution < -0.4 is 5.32 Å². The van der Waals surface area contributed by atoms with Crippen molar-refractivity contribution in [3.63, 3.8) is 0 Å². The quantitative estimate of drug-likeness (QED) is 0.871. The molecule has 2 rings (SSSR count). The number of benzene rings is 1. The van der Waals surface area contributed by atoms with Gasteiger partial charge >= 0.3 is 0 Å². The molecule has 0 spiro atoms. The first kappa shape index (κ1) is 15.8. The average molecular weight is 353 g/mol. The van der Waals surface area contributed by atoms with Crippen LogP contribution in [0.15, 0.2) is 22.7 Å². The molecule has 0 aromatic heterocycles. The molecule has 1 atom stereocenters. The number of hydrogen-bond acceptors (Lipinski definition) is 3. The summed E-state index contributed by atoms with van der Waals surface area (Å²) >= 11 is 3.17. The van der Waals surface area contributed by atoms with Crippen LogP contribution in [0, 0.1) is 5.82 Å². The summed E-state index contributed by atoms with van der Waals surface area (Å²) < 4.78 is 42.7. The maximum atomic E-state index is 14.1. The number of hydrogen-bond donors (Lipinski definition) is 2. The molecule has 0 aliphatic carbocycles. The highest BCUT2D eigenvalue weighted by Crippen LogP contribution is 2.38. The van der Waals surface area contributed by atoms with E-state index in [2.05, 4.69) is 21.2 Å². The van der Waals surface area contributed by atoms with E-state index in [0.717, 1.165) is 6.07 Å². The smallest absolute Gasteiger partial charge is 0.290 e. The van der Waals surface area contributed by atoms with Crippen molar-refractivity contribution in [2.75, 3.05) is 32.8 Å². The number of alkyl halides is 2. The molecule has 0 radical (unpaired) electrons. The molecule has 1 aromatic rings. The summed E-state index contributed by atoms with van der Waals surface area (Å²) in [5.41, 5.74) is -0.0969. The fourth-order valence-electron chi connectivity index (χ4n) is 2.44. The van der Waals surface area contributed by atoms with Crippen molar-refractivity contribution in [3.05, 3.63) is 34.1 Å². The van der Waals surface area contributed by atoms with Gasteiger partial charge in [-0.3, -0.25) is 4.90 Å². The summed E-state index contributed by atoms with van der Waals surface area (Å²) in [4.78, 5) is 1.51. The van der Waals surface area contributed by atoms with Crippen LogP contribution >= 0.6 is 15.9 Å². The Bertz CT molecular complexity index is 467. The van der Waals surface area contributed by atoms with Crippen LogP contribution in [0.3, 0.4) is 0 Å². The number of rotatable bonds is 4. The summed E-state index contributed by atoms with van der Waals surface area (Å²) in [6.45, 7) is 0.577.